The van der Waals surface area contributed by atoms with E-state index in [9.17, 15) is 4.79 Å². The number of hydrogen-bond acceptors (Lipinski definition) is 7. The number of aromatic nitrogens is 2. The SMILES string of the molecule is COc1cccc(OC)c1C(=O)N1CCN(Cc2ccnc(N3CCCC3)n2)CC1. The van der Waals surface area contributed by atoms with Crippen LogP contribution >= 0.6 is 0 Å². The Morgan fingerprint density at radius 2 is 1.63 bits per heavy atom. The zero-order chi connectivity index (χ0) is 20.9. The van der Waals surface area contributed by atoms with E-state index in [-0.39, 0.29) is 5.91 Å². The first kappa shape index (κ1) is 20.4. The average molecular weight is 412 g/mol. The van der Waals surface area contributed by atoms with Gasteiger partial charge in [-0.2, -0.15) is 0 Å². The highest BCUT2D eigenvalue weighted by molar-refractivity contribution is 5.99. The molecule has 8 nitrogen and oxygen atoms in total. The number of benzene rings is 1. The number of carbonyl (C=O) groups excluding carboxylic acids is 1. The van der Waals surface area contributed by atoms with Crippen molar-refractivity contribution in [1.82, 2.24) is 19.8 Å². The molecule has 0 bridgehead atoms. The lowest BCUT2D eigenvalue weighted by atomic mass is 10.1. The van der Waals surface area contributed by atoms with E-state index in [0.29, 0.717) is 30.2 Å². The second-order valence-electron chi connectivity index (χ2n) is 7.65. The number of methoxy groups -OCH3 is 2. The standard InChI is InChI=1S/C22H29N5O3/c1-29-18-6-5-7-19(30-2)20(18)21(28)26-14-12-25(13-15-26)16-17-8-9-23-22(24-17)27-10-3-4-11-27/h5-9H,3-4,10-16H2,1-2H3. The lowest BCUT2D eigenvalue weighted by Crippen LogP contribution is -2.48. The van der Waals surface area contributed by atoms with E-state index < -0.39 is 0 Å². The first-order chi connectivity index (χ1) is 14.7. The van der Waals surface area contributed by atoms with Gasteiger partial charge in [-0.25, -0.2) is 9.97 Å². The number of carbonyl (C=O) groups is 1. The third-order valence-corrected chi connectivity index (χ3v) is 5.78. The zero-order valence-electron chi connectivity index (χ0n) is 17.7. The second kappa shape index (κ2) is 9.30. The summed E-state index contributed by atoms with van der Waals surface area (Å²) in [6.07, 6.45) is 4.27. The van der Waals surface area contributed by atoms with Gasteiger partial charge in [0.2, 0.25) is 5.95 Å². The molecule has 160 valence electrons. The molecule has 30 heavy (non-hydrogen) atoms. The van der Waals surface area contributed by atoms with Crippen LogP contribution in [0.1, 0.15) is 28.9 Å². The molecule has 2 saturated heterocycles. The van der Waals surface area contributed by atoms with Crippen molar-refractivity contribution in [2.75, 3.05) is 58.4 Å². The van der Waals surface area contributed by atoms with Crippen LogP contribution in [0, 0.1) is 0 Å². The molecule has 2 aliphatic rings. The molecule has 2 aliphatic heterocycles. The fourth-order valence-corrected chi connectivity index (χ4v) is 4.10. The van der Waals surface area contributed by atoms with Crippen molar-refractivity contribution in [3.63, 3.8) is 0 Å². The molecule has 8 heteroatoms. The Labute approximate surface area is 177 Å². The van der Waals surface area contributed by atoms with Crippen LogP contribution in [0.4, 0.5) is 5.95 Å². The third-order valence-electron chi connectivity index (χ3n) is 5.78. The fraction of sp³-hybridized carbons (Fsp3) is 0.500. The predicted molar refractivity (Wildman–Crippen MR) is 114 cm³/mol. The lowest BCUT2D eigenvalue weighted by Gasteiger charge is -2.35. The number of piperazine rings is 1. The molecule has 2 aromatic rings. The first-order valence-electron chi connectivity index (χ1n) is 10.5. The van der Waals surface area contributed by atoms with Gasteiger partial charge in [0.05, 0.1) is 19.9 Å². The molecule has 0 atom stereocenters. The number of amides is 1. The second-order valence-corrected chi connectivity index (χ2v) is 7.65. The summed E-state index contributed by atoms with van der Waals surface area (Å²) in [5.41, 5.74) is 1.51. The Hall–Kier alpha value is -2.87. The van der Waals surface area contributed by atoms with Crippen LogP contribution in [0.3, 0.4) is 0 Å². The highest BCUT2D eigenvalue weighted by Crippen LogP contribution is 2.30. The normalized spacial score (nSPS) is 17.3. The van der Waals surface area contributed by atoms with Crippen LogP contribution in [-0.2, 0) is 6.54 Å². The van der Waals surface area contributed by atoms with Gasteiger partial charge in [-0.15, -0.1) is 0 Å². The summed E-state index contributed by atoms with van der Waals surface area (Å²) in [6, 6.07) is 7.39. The molecule has 1 aromatic heterocycles. The maximum Gasteiger partial charge on any atom is 0.261 e. The van der Waals surface area contributed by atoms with Gasteiger partial charge in [0, 0.05) is 52.0 Å². The summed E-state index contributed by atoms with van der Waals surface area (Å²) < 4.78 is 10.8. The van der Waals surface area contributed by atoms with E-state index in [1.807, 2.05) is 23.2 Å². The van der Waals surface area contributed by atoms with Crippen molar-refractivity contribution in [1.29, 1.82) is 0 Å². The largest absolute Gasteiger partial charge is 0.496 e. The van der Waals surface area contributed by atoms with Crippen molar-refractivity contribution >= 4 is 11.9 Å². The molecule has 4 rings (SSSR count). The molecule has 3 heterocycles. The summed E-state index contributed by atoms with van der Waals surface area (Å²) in [5, 5.41) is 0. The minimum Gasteiger partial charge on any atom is -0.496 e. The van der Waals surface area contributed by atoms with E-state index in [0.717, 1.165) is 44.4 Å². The highest BCUT2D eigenvalue weighted by Gasteiger charge is 2.27. The molecule has 0 N–H and O–H groups in total. The maximum atomic E-state index is 13.1. The van der Waals surface area contributed by atoms with E-state index in [4.69, 9.17) is 14.5 Å². The van der Waals surface area contributed by atoms with E-state index in [1.165, 1.54) is 12.8 Å². The van der Waals surface area contributed by atoms with Crippen molar-refractivity contribution in [3.05, 3.63) is 41.7 Å². The van der Waals surface area contributed by atoms with Gasteiger partial charge in [0.25, 0.3) is 5.91 Å². The van der Waals surface area contributed by atoms with Crippen molar-refractivity contribution in [2.45, 2.75) is 19.4 Å². The smallest absolute Gasteiger partial charge is 0.261 e. The predicted octanol–water partition coefficient (Wildman–Crippen LogP) is 2.05. The van der Waals surface area contributed by atoms with Crippen LogP contribution in [0.2, 0.25) is 0 Å². The number of ether oxygens (including phenoxy) is 2. The molecule has 0 spiro atoms. The summed E-state index contributed by atoms with van der Waals surface area (Å²) in [7, 11) is 3.14. The monoisotopic (exact) mass is 411 g/mol. The van der Waals surface area contributed by atoms with Gasteiger partial charge >= 0.3 is 0 Å². The Kier molecular flexibility index (Phi) is 6.32. The Bertz CT molecular complexity index is 855. The van der Waals surface area contributed by atoms with Gasteiger partial charge in [0.15, 0.2) is 0 Å². The van der Waals surface area contributed by atoms with E-state index in [2.05, 4.69) is 14.8 Å². The lowest BCUT2D eigenvalue weighted by molar-refractivity contribution is 0.0620. The van der Waals surface area contributed by atoms with Gasteiger partial charge in [-0.05, 0) is 31.0 Å². The Balaban J connectivity index is 1.38. The van der Waals surface area contributed by atoms with Crippen molar-refractivity contribution in [3.8, 4) is 11.5 Å². The number of hydrogen-bond donors (Lipinski definition) is 0. The quantitative estimate of drug-likeness (QED) is 0.720. The van der Waals surface area contributed by atoms with Gasteiger partial charge in [0.1, 0.15) is 17.1 Å². The summed E-state index contributed by atoms with van der Waals surface area (Å²) in [6.45, 7) is 5.75. The maximum absolute atomic E-state index is 13.1. The van der Waals surface area contributed by atoms with E-state index >= 15 is 0 Å². The molecular formula is C22H29N5O3. The average Bonchev–Trinajstić information content (AvgIpc) is 3.34. The Morgan fingerprint density at radius 3 is 2.27 bits per heavy atom. The molecule has 1 aromatic carbocycles. The topological polar surface area (TPSA) is 71.0 Å². The van der Waals surface area contributed by atoms with Crippen LogP contribution < -0.4 is 14.4 Å². The molecular weight excluding hydrogens is 382 g/mol. The molecule has 1 amide bonds. The molecule has 0 aliphatic carbocycles. The minimum atomic E-state index is -0.0534. The first-order valence-corrected chi connectivity index (χ1v) is 10.5. The van der Waals surface area contributed by atoms with Crippen LogP contribution in [0.15, 0.2) is 30.5 Å². The summed E-state index contributed by atoms with van der Waals surface area (Å²) in [5.74, 6) is 1.86. The van der Waals surface area contributed by atoms with Crippen molar-refractivity contribution in [2.24, 2.45) is 0 Å². The van der Waals surface area contributed by atoms with Crippen LogP contribution in [0.5, 0.6) is 11.5 Å². The van der Waals surface area contributed by atoms with Gasteiger partial charge in [-0.1, -0.05) is 6.07 Å². The molecule has 2 fully saturated rings. The molecule has 0 radical (unpaired) electrons. The molecule has 0 saturated carbocycles. The number of rotatable bonds is 6. The molecule has 0 unspecified atom stereocenters. The third kappa shape index (κ3) is 4.33. The van der Waals surface area contributed by atoms with Gasteiger partial charge in [-0.3, -0.25) is 9.69 Å². The zero-order valence-corrected chi connectivity index (χ0v) is 17.7. The Morgan fingerprint density at radius 1 is 0.967 bits per heavy atom. The van der Waals surface area contributed by atoms with Crippen LogP contribution in [-0.4, -0.2) is 79.2 Å². The van der Waals surface area contributed by atoms with Crippen LogP contribution in [0.25, 0.3) is 0 Å². The van der Waals surface area contributed by atoms with Crippen molar-refractivity contribution < 1.29 is 14.3 Å². The highest BCUT2D eigenvalue weighted by atomic mass is 16.5. The minimum absolute atomic E-state index is 0.0534. The van der Waals surface area contributed by atoms with Gasteiger partial charge < -0.3 is 19.3 Å². The fourth-order valence-electron chi connectivity index (χ4n) is 4.10. The number of anilines is 1. The van der Waals surface area contributed by atoms with E-state index in [1.54, 1.807) is 26.4 Å². The summed E-state index contributed by atoms with van der Waals surface area (Å²) in [4.78, 5) is 28.8. The number of nitrogens with zero attached hydrogens (tertiary/aromatic N) is 5. The summed E-state index contributed by atoms with van der Waals surface area (Å²) >= 11 is 0.